The average molecular weight is 635 g/mol. The zero-order chi connectivity index (χ0) is 31.5. The van der Waals surface area contributed by atoms with Crippen molar-refractivity contribution in [3.05, 3.63) is 112 Å². The van der Waals surface area contributed by atoms with Gasteiger partial charge in [0.2, 0.25) is 10.0 Å². The Kier molecular flexibility index (Phi) is 9.12. The summed E-state index contributed by atoms with van der Waals surface area (Å²) < 4.78 is 78.5. The Morgan fingerprint density at radius 3 is 1.93 bits per heavy atom. The van der Waals surface area contributed by atoms with Crippen molar-refractivity contribution in [3.63, 3.8) is 0 Å². The number of benzene rings is 4. The molecule has 4 aromatic rings. The lowest BCUT2D eigenvalue weighted by Crippen LogP contribution is -2.42. The van der Waals surface area contributed by atoms with Crippen molar-refractivity contribution >= 4 is 39.2 Å². The minimum atomic E-state index is -4.55. The molecule has 1 amide bonds. The number of sulfonamides is 1. The highest BCUT2D eigenvalue weighted by Gasteiger charge is 2.30. The molecule has 0 aliphatic carbocycles. The number of carboxylic acid groups (broad SMARTS) is 1. The first-order valence-corrected chi connectivity index (χ1v) is 14.7. The molecule has 7 nitrogen and oxygen atoms in total. The first-order chi connectivity index (χ1) is 20.1. The lowest BCUT2D eigenvalue weighted by molar-refractivity contribution is -0.139. The van der Waals surface area contributed by atoms with Gasteiger partial charge in [-0.05, 0) is 64.2 Å². The topological polar surface area (TPSA) is 113 Å². The molecule has 0 aromatic heterocycles. The number of carboxylic acids is 1. The Balaban J connectivity index is 1.59. The molecule has 224 valence electrons. The fraction of sp³-hybridized carbons (Fsp3) is 0.133. The highest BCUT2D eigenvalue weighted by Crippen LogP contribution is 2.32. The maximum absolute atomic E-state index is 13.5. The summed E-state index contributed by atoms with van der Waals surface area (Å²) in [4.78, 5) is 25.4. The molecule has 0 fully saturated rings. The van der Waals surface area contributed by atoms with Gasteiger partial charge < -0.3 is 10.4 Å². The monoisotopic (exact) mass is 634 g/mol. The number of hydrogen-bond donors (Lipinski definition) is 3. The van der Waals surface area contributed by atoms with Gasteiger partial charge in [-0.15, -0.1) is 0 Å². The average Bonchev–Trinajstić information content (AvgIpc) is 2.93. The molecule has 3 N–H and O–H groups in total. The third-order valence-corrected chi connectivity index (χ3v) is 7.24. The summed E-state index contributed by atoms with van der Waals surface area (Å²) in [5.74, 6) is -2.86. The number of hydrogen-bond acceptors (Lipinski definition) is 4. The number of nitrogens with one attached hydrogen (secondary N) is 2. The molecule has 0 saturated carbocycles. The van der Waals surface area contributed by atoms with Gasteiger partial charge in [0.15, 0.2) is 0 Å². The van der Waals surface area contributed by atoms with Crippen LogP contribution in [0.1, 0.15) is 21.5 Å². The van der Waals surface area contributed by atoms with Crippen LogP contribution in [0.3, 0.4) is 0 Å². The zero-order valence-electron chi connectivity index (χ0n) is 22.2. The van der Waals surface area contributed by atoms with Crippen LogP contribution in [-0.4, -0.2) is 37.7 Å². The van der Waals surface area contributed by atoms with Crippen molar-refractivity contribution in [1.82, 2.24) is 5.32 Å². The molecular weight excluding hydrogens is 612 g/mol. The van der Waals surface area contributed by atoms with Crippen LogP contribution >= 0.6 is 11.6 Å². The van der Waals surface area contributed by atoms with E-state index in [0.29, 0.717) is 27.8 Å². The van der Waals surface area contributed by atoms with E-state index >= 15 is 0 Å². The lowest BCUT2D eigenvalue weighted by atomic mass is 9.99. The Morgan fingerprint density at radius 2 is 1.40 bits per heavy atom. The van der Waals surface area contributed by atoms with Gasteiger partial charge in [-0.2, -0.15) is 13.2 Å². The predicted molar refractivity (Wildman–Crippen MR) is 155 cm³/mol. The van der Waals surface area contributed by atoms with E-state index in [1.807, 2.05) is 0 Å². The molecule has 43 heavy (non-hydrogen) atoms. The van der Waals surface area contributed by atoms with Crippen LogP contribution in [0.4, 0.5) is 23.2 Å². The van der Waals surface area contributed by atoms with E-state index in [1.54, 1.807) is 24.3 Å². The van der Waals surface area contributed by atoms with Crippen molar-refractivity contribution < 1.29 is 40.7 Å². The summed E-state index contributed by atoms with van der Waals surface area (Å²) in [5, 5.41) is 12.2. The number of carbonyl (C=O) groups is 2. The third-order valence-electron chi connectivity index (χ3n) is 6.36. The summed E-state index contributed by atoms with van der Waals surface area (Å²) in [7, 11) is -3.86. The van der Waals surface area contributed by atoms with Crippen LogP contribution in [0.2, 0.25) is 5.02 Å². The first kappa shape index (κ1) is 31.5. The minimum absolute atomic E-state index is 0.0534. The Morgan fingerprint density at radius 1 is 0.860 bits per heavy atom. The number of alkyl halides is 3. The number of halogens is 5. The molecule has 0 bridgehead atoms. The van der Waals surface area contributed by atoms with Crippen LogP contribution in [0.15, 0.2) is 84.9 Å². The van der Waals surface area contributed by atoms with E-state index in [1.165, 1.54) is 48.5 Å². The molecule has 1 atom stereocenters. The van der Waals surface area contributed by atoms with Gasteiger partial charge >= 0.3 is 12.1 Å². The van der Waals surface area contributed by atoms with Crippen LogP contribution in [-0.2, 0) is 27.4 Å². The molecule has 0 radical (unpaired) electrons. The van der Waals surface area contributed by atoms with Crippen LogP contribution in [0.25, 0.3) is 22.3 Å². The van der Waals surface area contributed by atoms with Gasteiger partial charge in [0, 0.05) is 6.42 Å². The lowest BCUT2D eigenvalue weighted by Gasteiger charge is -2.18. The quantitative estimate of drug-likeness (QED) is 0.179. The van der Waals surface area contributed by atoms with Crippen LogP contribution in [0.5, 0.6) is 0 Å². The fourth-order valence-electron chi connectivity index (χ4n) is 4.23. The Labute approximate surface area is 249 Å². The summed E-state index contributed by atoms with van der Waals surface area (Å²) in [6.45, 7) is 0. The van der Waals surface area contributed by atoms with Crippen molar-refractivity contribution in [1.29, 1.82) is 0 Å². The fourth-order valence-corrected chi connectivity index (χ4v) is 4.99. The molecule has 4 aromatic carbocycles. The van der Waals surface area contributed by atoms with Crippen LogP contribution < -0.4 is 10.0 Å². The number of amides is 1. The van der Waals surface area contributed by atoms with Gasteiger partial charge in [0.25, 0.3) is 5.91 Å². The summed E-state index contributed by atoms with van der Waals surface area (Å²) in [5.41, 5.74) is 1.21. The van der Waals surface area contributed by atoms with E-state index in [0.717, 1.165) is 18.4 Å². The predicted octanol–water partition coefficient (Wildman–Crippen LogP) is 6.63. The maximum Gasteiger partial charge on any atom is 0.416 e. The highest BCUT2D eigenvalue weighted by atomic mass is 35.5. The van der Waals surface area contributed by atoms with Crippen molar-refractivity contribution in [2.24, 2.45) is 0 Å². The second kappa shape index (κ2) is 12.4. The molecule has 13 heteroatoms. The zero-order valence-corrected chi connectivity index (χ0v) is 23.8. The molecule has 0 saturated heterocycles. The summed E-state index contributed by atoms with van der Waals surface area (Å²) in [6, 6.07) is 17.5. The van der Waals surface area contributed by atoms with Gasteiger partial charge in [0.1, 0.15) is 11.9 Å². The highest BCUT2D eigenvalue weighted by molar-refractivity contribution is 7.92. The minimum Gasteiger partial charge on any atom is -0.480 e. The third kappa shape index (κ3) is 8.11. The van der Waals surface area contributed by atoms with Gasteiger partial charge in [0.05, 0.1) is 28.1 Å². The molecule has 0 aliphatic heterocycles. The molecule has 0 unspecified atom stereocenters. The van der Waals surface area contributed by atoms with E-state index < -0.39 is 45.5 Å². The van der Waals surface area contributed by atoms with Gasteiger partial charge in [-0.1, -0.05) is 60.1 Å². The molecular formula is C30H23ClF4N2O5S. The Bertz CT molecular complexity index is 1780. The maximum atomic E-state index is 13.5. The molecule has 0 heterocycles. The normalized spacial score (nSPS) is 12.4. The standard InChI is InChI=1S/C30H23ClF4N2O5S/c1-43(41,42)37-26-13-9-20(19-6-10-22(11-7-19)30(33,34)35)15-23(26)28(38)36-27(29(39)40)14-17-2-4-18(5-3-17)21-8-12-25(32)24(31)16-21/h2-13,15-16,27,37H,14H2,1H3,(H,36,38)(H,39,40)/t27-/m0/s1. The van der Waals surface area contributed by atoms with Crippen LogP contribution in [0, 0.1) is 5.82 Å². The van der Waals surface area contributed by atoms with Gasteiger partial charge in [-0.25, -0.2) is 17.6 Å². The van der Waals surface area contributed by atoms with E-state index in [-0.39, 0.29) is 22.7 Å². The largest absolute Gasteiger partial charge is 0.480 e. The second-order valence-corrected chi connectivity index (χ2v) is 11.8. The molecule has 4 rings (SSSR count). The molecule has 0 aliphatic rings. The van der Waals surface area contributed by atoms with Crippen molar-refractivity contribution in [2.45, 2.75) is 18.6 Å². The van der Waals surface area contributed by atoms with E-state index in [2.05, 4.69) is 10.0 Å². The number of aliphatic carboxylic acids is 1. The first-order valence-electron chi connectivity index (χ1n) is 12.5. The van der Waals surface area contributed by atoms with Crippen molar-refractivity contribution in [3.8, 4) is 22.3 Å². The summed E-state index contributed by atoms with van der Waals surface area (Å²) in [6.07, 6.45) is -3.82. The smallest absolute Gasteiger partial charge is 0.416 e. The summed E-state index contributed by atoms with van der Waals surface area (Å²) >= 11 is 5.85. The van der Waals surface area contributed by atoms with Crippen molar-refractivity contribution in [2.75, 3.05) is 11.0 Å². The van der Waals surface area contributed by atoms with Gasteiger partial charge in [-0.3, -0.25) is 9.52 Å². The SMILES string of the molecule is CS(=O)(=O)Nc1ccc(-c2ccc(C(F)(F)F)cc2)cc1C(=O)N[C@@H](Cc1ccc(-c2ccc(F)c(Cl)c2)cc1)C(=O)O. The number of rotatable bonds is 9. The molecule has 0 spiro atoms. The second-order valence-electron chi connectivity index (χ2n) is 9.60. The number of carbonyl (C=O) groups excluding carboxylic acids is 1. The Hall–Kier alpha value is -4.42. The number of anilines is 1. The van der Waals surface area contributed by atoms with E-state index in [4.69, 9.17) is 11.6 Å². The van der Waals surface area contributed by atoms with E-state index in [9.17, 15) is 40.7 Å².